The summed E-state index contributed by atoms with van der Waals surface area (Å²) in [7, 11) is 0. The highest BCUT2D eigenvalue weighted by Crippen LogP contribution is 2.21. The number of hydrogen-bond donors (Lipinski definition) is 0. The van der Waals surface area contributed by atoms with E-state index in [1.807, 2.05) is 28.9 Å². The number of aromatic nitrogens is 4. The van der Waals surface area contributed by atoms with E-state index in [2.05, 4.69) is 34.1 Å². The van der Waals surface area contributed by atoms with Crippen LogP contribution in [0.15, 0.2) is 55.0 Å². The van der Waals surface area contributed by atoms with Crippen molar-refractivity contribution in [1.82, 2.24) is 19.7 Å². The van der Waals surface area contributed by atoms with E-state index in [-0.39, 0.29) is 0 Å². The van der Waals surface area contributed by atoms with Gasteiger partial charge in [-0.2, -0.15) is 5.10 Å². The van der Waals surface area contributed by atoms with Crippen LogP contribution < -0.4 is 0 Å². The number of nitrogens with zero attached hydrogens (tertiary/aromatic N) is 4. The van der Waals surface area contributed by atoms with Crippen molar-refractivity contribution in [2.75, 3.05) is 0 Å². The first-order valence-electron chi connectivity index (χ1n) is 6.30. The van der Waals surface area contributed by atoms with E-state index in [1.54, 1.807) is 18.6 Å². The fourth-order valence-corrected chi connectivity index (χ4v) is 2.11. The largest absolute Gasteiger partial charge is 0.235 e. The van der Waals surface area contributed by atoms with Crippen LogP contribution in [0.25, 0.3) is 17.2 Å². The maximum Gasteiger partial charge on any atom is 0.178 e. The second-order valence-electron chi connectivity index (χ2n) is 4.18. The number of hydrogen-bond acceptors (Lipinski definition) is 3. The first-order valence-corrected chi connectivity index (χ1v) is 6.30. The quantitative estimate of drug-likeness (QED) is 0.718. The van der Waals surface area contributed by atoms with E-state index >= 15 is 0 Å². The van der Waals surface area contributed by atoms with E-state index in [4.69, 9.17) is 0 Å². The summed E-state index contributed by atoms with van der Waals surface area (Å²) in [6.45, 7) is 2.14. The number of para-hydroxylation sites is 1. The molecule has 0 aliphatic rings. The van der Waals surface area contributed by atoms with Gasteiger partial charge in [-0.15, -0.1) is 0 Å². The van der Waals surface area contributed by atoms with Crippen molar-refractivity contribution in [2.45, 2.75) is 13.3 Å². The number of aryl methyl sites for hydroxylation is 1. The lowest BCUT2D eigenvalue weighted by atomic mass is 10.1. The zero-order valence-corrected chi connectivity index (χ0v) is 10.7. The molecule has 0 bridgehead atoms. The molecule has 3 aromatic rings. The fraction of sp³-hybridized carbons (Fsp3) is 0.133. The summed E-state index contributed by atoms with van der Waals surface area (Å²) in [5.41, 5.74) is 3.24. The van der Waals surface area contributed by atoms with E-state index < -0.39 is 0 Å². The maximum absolute atomic E-state index is 4.41. The second kappa shape index (κ2) is 5.02. The minimum atomic E-state index is 0.686. The van der Waals surface area contributed by atoms with Crippen molar-refractivity contribution < 1.29 is 0 Å². The molecule has 94 valence electrons. The Morgan fingerprint density at radius 3 is 2.53 bits per heavy atom. The lowest BCUT2D eigenvalue weighted by Gasteiger charge is -2.10. The molecule has 0 aliphatic carbocycles. The number of benzene rings is 1. The average Bonchev–Trinajstić information content (AvgIpc) is 2.97. The fourth-order valence-electron chi connectivity index (χ4n) is 2.11. The summed E-state index contributed by atoms with van der Waals surface area (Å²) in [6, 6.07) is 12.0. The smallest absolute Gasteiger partial charge is 0.178 e. The molecular weight excluding hydrogens is 236 g/mol. The zero-order chi connectivity index (χ0) is 13.1. The van der Waals surface area contributed by atoms with Crippen molar-refractivity contribution >= 4 is 0 Å². The highest BCUT2D eigenvalue weighted by Gasteiger charge is 2.11. The molecule has 2 aromatic heterocycles. The highest BCUT2D eigenvalue weighted by molar-refractivity contribution is 5.55. The van der Waals surface area contributed by atoms with Crippen LogP contribution in [0.3, 0.4) is 0 Å². The average molecular weight is 250 g/mol. The molecule has 4 nitrogen and oxygen atoms in total. The Hall–Kier alpha value is -2.49. The molecule has 3 rings (SSSR count). The molecule has 0 atom stereocenters. The normalized spacial score (nSPS) is 10.6. The minimum absolute atomic E-state index is 0.686. The summed E-state index contributed by atoms with van der Waals surface area (Å²) in [5, 5.41) is 4.41. The van der Waals surface area contributed by atoms with Crippen molar-refractivity contribution in [3.05, 3.63) is 60.6 Å². The van der Waals surface area contributed by atoms with Gasteiger partial charge in [0.05, 0.1) is 11.9 Å². The first-order chi connectivity index (χ1) is 9.40. The molecule has 2 heterocycles. The first kappa shape index (κ1) is 11.6. The molecule has 0 saturated carbocycles. The van der Waals surface area contributed by atoms with Gasteiger partial charge >= 0.3 is 0 Å². The van der Waals surface area contributed by atoms with Gasteiger partial charge in [0, 0.05) is 12.4 Å². The summed E-state index contributed by atoms with van der Waals surface area (Å²) in [6.07, 6.45) is 6.22. The Kier molecular flexibility index (Phi) is 3.06. The molecule has 0 aliphatic heterocycles. The molecular formula is C15H14N4. The van der Waals surface area contributed by atoms with Gasteiger partial charge in [-0.05, 0) is 30.2 Å². The van der Waals surface area contributed by atoms with Crippen LogP contribution >= 0.6 is 0 Å². The molecule has 0 saturated heterocycles. The third-order valence-electron chi connectivity index (χ3n) is 3.04. The van der Waals surface area contributed by atoms with Gasteiger partial charge in [-0.25, -0.2) is 14.6 Å². The Morgan fingerprint density at radius 1 is 0.947 bits per heavy atom. The molecule has 4 heteroatoms. The molecule has 19 heavy (non-hydrogen) atoms. The van der Waals surface area contributed by atoms with E-state index in [0.717, 1.165) is 17.8 Å². The van der Waals surface area contributed by atoms with Crippen molar-refractivity contribution in [3.63, 3.8) is 0 Å². The molecule has 0 fully saturated rings. The van der Waals surface area contributed by atoms with Gasteiger partial charge in [-0.1, -0.05) is 25.1 Å². The highest BCUT2D eigenvalue weighted by atomic mass is 15.3. The molecule has 0 radical (unpaired) electrons. The van der Waals surface area contributed by atoms with E-state index in [9.17, 15) is 0 Å². The van der Waals surface area contributed by atoms with Gasteiger partial charge in [-0.3, -0.25) is 0 Å². The van der Waals surface area contributed by atoms with Crippen LogP contribution in [0.2, 0.25) is 0 Å². The molecule has 0 unspecified atom stereocenters. The van der Waals surface area contributed by atoms with Gasteiger partial charge in [0.15, 0.2) is 5.82 Å². The van der Waals surface area contributed by atoms with Crippen LogP contribution in [0.1, 0.15) is 12.5 Å². The summed E-state index contributed by atoms with van der Waals surface area (Å²) < 4.78 is 1.90. The maximum atomic E-state index is 4.41. The minimum Gasteiger partial charge on any atom is -0.235 e. The summed E-state index contributed by atoms with van der Waals surface area (Å²) in [5.74, 6) is 0.686. The van der Waals surface area contributed by atoms with Crippen LogP contribution in [0.5, 0.6) is 0 Å². The van der Waals surface area contributed by atoms with Gasteiger partial charge in [0.2, 0.25) is 0 Å². The van der Waals surface area contributed by atoms with Crippen LogP contribution in [-0.4, -0.2) is 19.7 Å². The molecule has 1 aromatic carbocycles. The Balaban J connectivity index is 2.15. The van der Waals surface area contributed by atoms with Crippen LogP contribution in [0.4, 0.5) is 0 Å². The van der Waals surface area contributed by atoms with E-state index in [0.29, 0.717) is 5.82 Å². The molecule has 0 N–H and O–H groups in total. The predicted molar refractivity (Wildman–Crippen MR) is 74.0 cm³/mol. The standard InChI is InChI=1S/C15H14N4/c1-2-12-6-3-4-7-13(12)19-14(8-11-18-19)15-16-9-5-10-17-15/h3-11H,2H2,1H3. The van der Waals surface area contributed by atoms with Crippen molar-refractivity contribution in [2.24, 2.45) is 0 Å². The predicted octanol–water partition coefficient (Wildman–Crippen LogP) is 2.89. The topological polar surface area (TPSA) is 43.6 Å². The van der Waals surface area contributed by atoms with Gasteiger partial charge in [0.1, 0.15) is 5.69 Å². The monoisotopic (exact) mass is 250 g/mol. The lowest BCUT2D eigenvalue weighted by Crippen LogP contribution is -2.04. The third kappa shape index (κ3) is 2.12. The number of rotatable bonds is 3. The van der Waals surface area contributed by atoms with Gasteiger partial charge in [0.25, 0.3) is 0 Å². The summed E-state index contributed by atoms with van der Waals surface area (Å²) >= 11 is 0. The van der Waals surface area contributed by atoms with Crippen LogP contribution in [-0.2, 0) is 6.42 Å². The Labute approximate surface area is 111 Å². The Bertz CT molecular complexity index is 673. The van der Waals surface area contributed by atoms with Crippen molar-refractivity contribution in [3.8, 4) is 17.2 Å². The zero-order valence-electron chi connectivity index (χ0n) is 10.7. The van der Waals surface area contributed by atoms with Crippen molar-refractivity contribution in [1.29, 1.82) is 0 Å². The molecule has 0 spiro atoms. The van der Waals surface area contributed by atoms with Gasteiger partial charge < -0.3 is 0 Å². The Morgan fingerprint density at radius 2 is 1.74 bits per heavy atom. The third-order valence-corrected chi connectivity index (χ3v) is 3.04. The lowest BCUT2D eigenvalue weighted by molar-refractivity contribution is 0.861. The van der Waals surface area contributed by atoms with E-state index in [1.165, 1.54) is 5.56 Å². The second-order valence-corrected chi connectivity index (χ2v) is 4.18. The SMILES string of the molecule is CCc1ccccc1-n1nccc1-c1ncccn1. The van der Waals surface area contributed by atoms with Crippen LogP contribution in [0, 0.1) is 0 Å². The molecule has 0 amide bonds. The summed E-state index contributed by atoms with van der Waals surface area (Å²) in [4.78, 5) is 8.58.